The van der Waals surface area contributed by atoms with Crippen molar-refractivity contribution in [1.29, 1.82) is 0 Å². The molecule has 7 rings (SSSR count). The predicted octanol–water partition coefficient (Wildman–Crippen LogP) is 6.89. The summed E-state index contributed by atoms with van der Waals surface area (Å²) in [7, 11) is 0. The summed E-state index contributed by atoms with van der Waals surface area (Å²) in [6.07, 6.45) is 1.79. The van der Waals surface area contributed by atoms with E-state index in [1.165, 1.54) is 41.3 Å². The van der Waals surface area contributed by atoms with Crippen molar-refractivity contribution in [3.63, 3.8) is 0 Å². The van der Waals surface area contributed by atoms with E-state index in [0.717, 1.165) is 16.5 Å². The third-order valence-corrected chi connectivity index (χ3v) is 8.42. The Balaban J connectivity index is 1.75. The van der Waals surface area contributed by atoms with Crippen LogP contribution in [0.5, 0.6) is 0 Å². The van der Waals surface area contributed by atoms with Crippen LogP contribution in [0.25, 0.3) is 57.8 Å². The average molecular weight is 436 g/mol. The molecule has 136 valence electrons. The number of nitrogens with zero attached hydrogens (tertiary/aromatic N) is 1. The van der Waals surface area contributed by atoms with Crippen LogP contribution < -0.4 is 0 Å². The molecule has 0 saturated carbocycles. The van der Waals surface area contributed by atoms with Gasteiger partial charge in [-0.3, -0.25) is 0 Å². The van der Waals surface area contributed by atoms with E-state index >= 15 is 0 Å². The van der Waals surface area contributed by atoms with Crippen LogP contribution in [0.3, 0.4) is 0 Å². The zero-order valence-electron chi connectivity index (χ0n) is 15.4. The summed E-state index contributed by atoms with van der Waals surface area (Å²) < 4.78 is 11.3. The van der Waals surface area contributed by atoms with Gasteiger partial charge in [0.15, 0.2) is 0 Å². The average Bonchev–Trinajstić information content (AvgIpc) is 3.46. The Bertz CT molecular complexity index is 1710. The summed E-state index contributed by atoms with van der Waals surface area (Å²) in [5, 5.41) is 6.40. The van der Waals surface area contributed by atoms with Gasteiger partial charge in [-0.25, -0.2) is 0 Å². The SMILES string of the molecule is c1ccc2c(c1)[se]c1c(-n3c4ccccc4c4ccc5ccoc5c43)cccc12. The van der Waals surface area contributed by atoms with Crippen molar-refractivity contribution in [3.8, 4) is 5.69 Å². The van der Waals surface area contributed by atoms with Gasteiger partial charge in [-0.15, -0.1) is 0 Å². The van der Waals surface area contributed by atoms with E-state index in [0.29, 0.717) is 0 Å². The number of hydrogen-bond donors (Lipinski definition) is 0. The molecule has 29 heavy (non-hydrogen) atoms. The normalized spacial score (nSPS) is 12.1. The fraction of sp³-hybridized carbons (Fsp3) is 0. The van der Waals surface area contributed by atoms with E-state index < -0.39 is 0 Å². The number of aromatic nitrogens is 1. The Hall–Kier alpha value is -3.26. The van der Waals surface area contributed by atoms with Gasteiger partial charge in [0.1, 0.15) is 0 Å². The molecule has 0 aliphatic carbocycles. The number of fused-ring (bicyclic) bond motifs is 8. The van der Waals surface area contributed by atoms with Crippen molar-refractivity contribution in [2.24, 2.45) is 0 Å². The first-order valence-corrected chi connectivity index (χ1v) is 11.4. The zero-order valence-corrected chi connectivity index (χ0v) is 17.1. The zero-order chi connectivity index (χ0) is 18.9. The summed E-state index contributed by atoms with van der Waals surface area (Å²) in [5.41, 5.74) is 4.62. The Morgan fingerprint density at radius 1 is 0.655 bits per heavy atom. The molecule has 0 fully saturated rings. The summed E-state index contributed by atoms with van der Waals surface area (Å²) in [5.74, 6) is 0. The Labute approximate surface area is 172 Å². The van der Waals surface area contributed by atoms with Gasteiger partial charge >= 0.3 is 172 Å². The minimum absolute atomic E-state index is 0.289. The van der Waals surface area contributed by atoms with E-state index in [-0.39, 0.29) is 14.5 Å². The number of para-hydroxylation sites is 1. The molecule has 0 radical (unpaired) electrons. The van der Waals surface area contributed by atoms with Crippen LogP contribution in [0.2, 0.25) is 0 Å². The van der Waals surface area contributed by atoms with E-state index in [4.69, 9.17) is 4.42 Å². The fourth-order valence-electron chi connectivity index (χ4n) is 4.63. The third-order valence-electron chi connectivity index (χ3n) is 5.88. The van der Waals surface area contributed by atoms with Crippen LogP contribution in [0.4, 0.5) is 0 Å². The van der Waals surface area contributed by atoms with Crippen molar-refractivity contribution in [2.75, 3.05) is 0 Å². The van der Waals surface area contributed by atoms with Crippen molar-refractivity contribution in [3.05, 3.63) is 91.2 Å². The molecule has 0 bridgehead atoms. The van der Waals surface area contributed by atoms with Gasteiger partial charge in [-0.05, 0) is 0 Å². The molecule has 0 aliphatic heterocycles. The molecule has 3 heteroatoms. The molecular weight excluding hydrogens is 421 g/mol. The van der Waals surface area contributed by atoms with E-state index in [9.17, 15) is 0 Å². The monoisotopic (exact) mass is 437 g/mol. The van der Waals surface area contributed by atoms with Crippen molar-refractivity contribution in [1.82, 2.24) is 4.57 Å². The van der Waals surface area contributed by atoms with Gasteiger partial charge in [0.05, 0.1) is 0 Å². The van der Waals surface area contributed by atoms with Crippen LogP contribution in [0, 0.1) is 0 Å². The van der Waals surface area contributed by atoms with Gasteiger partial charge in [0, 0.05) is 0 Å². The summed E-state index contributed by atoms with van der Waals surface area (Å²) in [6, 6.07) is 30.7. The van der Waals surface area contributed by atoms with Gasteiger partial charge < -0.3 is 0 Å². The first kappa shape index (κ1) is 15.6. The first-order chi connectivity index (χ1) is 14.4. The summed E-state index contributed by atoms with van der Waals surface area (Å²) in [4.78, 5) is 0. The van der Waals surface area contributed by atoms with Crippen LogP contribution in [0.1, 0.15) is 0 Å². The molecular formula is C26H15NOSe. The van der Waals surface area contributed by atoms with E-state index in [2.05, 4.69) is 83.4 Å². The molecule has 0 unspecified atom stereocenters. The van der Waals surface area contributed by atoms with Gasteiger partial charge in [0.2, 0.25) is 0 Å². The Kier molecular flexibility index (Phi) is 3.04. The number of furan rings is 1. The molecule has 2 nitrogen and oxygen atoms in total. The second-order valence-electron chi connectivity index (χ2n) is 7.41. The standard InChI is InChI=1S/C26H15NOSe/c1-3-9-21-17(6-1)19-13-12-16-14-15-28-25(16)24(19)27(21)22-10-5-8-20-18-7-2-4-11-23(18)29-26(20)22/h1-15H. The molecule has 0 N–H and O–H groups in total. The number of hydrogen-bond acceptors (Lipinski definition) is 1. The van der Waals surface area contributed by atoms with Crippen molar-refractivity contribution in [2.45, 2.75) is 0 Å². The molecule has 0 saturated heterocycles. The van der Waals surface area contributed by atoms with Gasteiger partial charge in [0.25, 0.3) is 0 Å². The van der Waals surface area contributed by atoms with E-state index in [1.54, 1.807) is 6.26 Å². The minimum atomic E-state index is 0.289. The molecule has 7 aromatic rings. The molecule has 3 aromatic heterocycles. The van der Waals surface area contributed by atoms with E-state index in [1.807, 2.05) is 6.07 Å². The maximum absolute atomic E-state index is 5.99. The van der Waals surface area contributed by atoms with Crippen molar-refractivity contribution < 1.29 is 4.42 Å². The topological polar surface area (TPSA) is 18.1 Å². The third kappa shape index (κ3) is 2.01. The van der Waals surface area contributed by atoms with Gasteiger partial charge in [-0.2, -0.15) is 0 Å². The second kappa shape index (κ2) is 5.64. The maximum atomic E-state index is 5.99. The fourth-order valence-corrected chi connectivity index (χ4v) is 7.16. The second-order valence-corrected chi connectivity index (χ2v) is 9.61. The quantitative estimate of drug-likeness (QED) is 0.256. The molecule has 4 aromatic carbocycles. The Morgan fingerprint density at radius 2 is 1.48 bits per heavy atom. The van der Waals surface area contributed by atoms with Crippen LogP contribution in [-0.4, -0.2) is 19.1 Å². The number of rotatable bonds is 1. The van der Waals surface area contributed by atoms with Gasteiger partial charge in [-0.1, -0.05) is 0 Å². The predicted molar refractivity (Wildman–Crippen MR) is 123 cm³/mol. The Morgan fingerprint density at radius 3 is 2.45 bits per heavy atom. The van der Waals surface area contributed by atoms with Crippen LogP contribution in [-0.2, 0) is 0 Å². The number of benzene rings is 4. The first-order valence-electron chi connectivity index (χ1n) is 9.70. The molecule has 0 aliphatic rings. The molecule has 0 spiro atoms. The van der Waals surface area contributed by atoms with Crippen LogP contribution in [0.15, 0.2) is 95.6 Å². The summed E-state index contributed by atoms with van der Waals surface area (Å²) >= 11 is 0.289. The molecule has 0 atom stereocenters. The van der Waals surface area contributed by atoms with Crippen LogP contribution >= 0.6 is 0 Å². The summed E-state index contributed by atoms with van der Waals surface area (Å²) in [6.45, 7) is 0. The van der Waals surface area contributed by atoms with Crippen molar-refractivity contribution >= 4 is 66.6 Å². The molecule has 0 amide bonds. The molecule has 3 heterocycles.